The van der Waals surface area contributed by atoms with Crippen molar-refractivity contribution >= 4 is 23.2 Å². The molecule has 1 aromatic rings. The van der Waals surface area contributed by atoms with Crippen LogP contribution in [0.4, 0.5) is 5.69 Å². The van der Waals surface area contributed by atoms with Crippen LogP contribution in [-0.4, -0.2) is 11.9 Å². The number of fused-ring (bicyclic) bond motifs is 1. The zero-order valence-electron chi connectivity index (χ0n) is 10.1. The number of benzene rings is 1. The molecule has 3 N–H and O–H groups in total. The van der Waals surface area contributed by atoms with Gasteiger partial charge < -0.3 is 11.1 Å². The van der Waals surface area contributed by atoms with Gasteiger partial charge in [-0.1, -0.05) is 17.7 Å². The van der Waals surface area contributed by atoms with Crippen molar-refractivity contribution < 1.29 is 4.79 Å². The molecule has 0 aromatic heterocycles. The van der Waals surface area contributed by atoms with Crippen molar-refractivity contribution in [3.8, 4) is 0 Å². The Morgan fingerprint density at radius 3 is 2.88 bits per heavy atom. The molecule has 92 valence electrons. The Morgan fingerprint density at radius 2 is 2.24 bits per heavy atom. The number of rotatable bonds is 2. The third kappa shape index (κ3) is 2.45. The van der Waals surface area contributed by atoms with Gasteiger partial charge in [-0.3, -0.25) is 4.79 Å². The Hall–Kier alpha value is -1.06. The van der Waals surface area contributed by atoms with E-state index in [0.717, 1.165) is 34.7 Å². The predicted octanol–water partition coefficient (Wildman–Crippen LogP) is 2.42. The summed E-state index contributed by atoms with van der Waals surface area (Å²) in [4.78, 5) is 11.4. The highest BCUT2D eigenvalue weighted by molar-refractivity contribution is 6.32. The molecule has 1 amide bonds. The van der Waals surface area contributed by atoms with Crippen LogP contribution in [0.1, 0.15) is 30.0 Å². The second kappa shape index (κ2) is 4.67. The first kappa shape index (κ1) is 12.4. The smallest absolute Gasteiger partial charge is 0.224 e. The fraction of sp³-hybridized carbons (Fsp3) is 0.462. The van der Waals surface area contributed by atoms with Crippen LogP contribution in [0.15, 0.2) is 6.07 Å². The van der Waals surface area contributed by atoms with Gasteiger partial charge in [0.05, 0.1) is 0 Å². The van der Waals surface area contributed by atoms with E-state index in [-0.39, 0.29) is 11.9 Å². The quantitative estimate of drug-likeness (QED) is 0.849. The summed E-state index contributed by atoms with van der Waals surface area (Å²) in [6.45, 7) is 3.91. The van der Waals surface area contributed by atoms with Gasteiger partial charge in [-0.25, -0.2) is 0 Å². The number of hydrogen-bond donors (Lipinski definition) is 2. The maximum atomic E-state index is 11.4. The monoisotopic (exact) mass is 252 g/mol. The van der Waals surface area contributed by atoms with Gasteiger partial charge in [-0.2, -0.15) is 0 Å². The van der Waals surface area contributed by atoms with Crippen LogP contribution >= 0.6 is 11.6 Å². The molecule has 1 aliphatic heterocycles. The van der Waals surface area contributed by atoms with Gasteiger partial charge in [0, 0.05) is 23.2 Å². The first-order valence-electron chi connectivity index (χ1n) is 5.85. The molecule has 0 aliphatic carbocycles. The van der Waals surface area contributed by atoms with Crippen molar-refractivity contribution in [2.75, 3.05) is 5.32 Å². The summed E-state index contributed by atoms with van der Waals surface area (Å²) in [5.41, 5.74) is 9.90. The summed E-state index contributed by atoms with van der Waals surface area (Å²) in [6, 6.07) is 2.16. The van der Waals surface area contributed by atoms with E-state index in [9.17, 15) is 4.79 Å². The minimum atomic E-state index is 0.0663. The van der Waals surface area contributed by atoms with Crippen LogP contribution in [0.25, 0.3) is 0 Å². The number of anilines is 1. The molecule has 1 heterocycles. The lowest BCUT2D eigenvalue weighted by Gasteiger charge is -2.22. The minimum Gasteiger partial charge on any atom is -0.328 e. The van der Waals surface area contributed by atoms with Crippen molar-refractivity contribution in [3.63, 3.8) is 0 Å². The van der Waals surface area contributed by atoms with E-state index in [1.165, 1.54) is 5.56 Å². The molecule has 1 unspecified atom stereocenters. The maximum absolute atomic E-state index is 11.4. The Labute approximate surface area is 106 Å². The molecule has 4 heteroatoms. The molecule has 0 fully saturated rings. The Balaban J connectivity index is 2.46. The molecule has 0 radical (unpaired) electrons. The lowest BCUT2D eigenvalue weighted by Crippen LogP contribution is -2.22. The Morgan fingerprint density at radius 1 is 1.53 bits per heavy atom. The highest BCUT2D eigenvalue weighted by Gasteiger charge is 2.20. The molecule has 1 atom stereocenters. The summed E-state index contributed by atoms with van der Waals surface area (Å²) in [5.74, 6) is 0.0663. The van der Waals surface area contributed by atoms with Crippen LogP contribution < -0.4 is 11.1 Å². The summed E-state index contributed by atoms with van der Waals surface area (Å²) >= 11 is 6.32. The van der Waals surface area contributed by atoms with Crippen molar-refractivity contribution in [3.05, 3.63) is 27.8 Å². The highest BCUT2D eigenvalue weighted by Crippen LogP contribution is 2.34. The SMILES string of the molecule is Cc1c(Cl)c(CC(C)N)cc2c1NC(=O)CC2. The lowest BCUT2D eigenvalue weighted by molar-refractivity contribution is -0.116. The molecule has 0 saturated heterocycles. The van der Waals surface area contributed by atoms with E-state index < -0.39 is 0 Å². The fourth-order valence-electron chi connectivity index (χ4n) is 2.25. The first-order valence-corrected chi connectivity index (χ1v) is 6.23. The van der Waals surface area contributed by atoms with Crippen LogP contribution in [0.3, 0.4) is 0 Å². The van der Waals surface area contributed by atoms with Crippen LogP contribution in [0.2, 0.25) is 5.02 Å². The molecular formula is C13H17ClN2O. The Kier molecular flexibility index (Phi) is 3.40. The number of amides is 1. The maximum Gasteiger partial charge on any atom is 0.224 e. The number of carbonyl (C=O) groups is 1. The second-order valence-electron chi connectivity index (χ2n) is 4.74. The summed E-state index contributed by atoms with van der Waals surface area (Å²) in [7, 11) is 0. The Bertz CT molecular complexity index is 469. The van der Waals surface area contributed by atoms with Gasteiger partial charge in [0.1, 0.15) is 0 Å². The normalized spacial score (nSPS) is 16.4. The van der Waals surface area contributed by atoms with Crippen molar-refractivity contribution in [2.45, 2.75) is 39.2 Å². The predicted molar refractivity (Wildman–Crippen MR) is 70.5 cm³/mol. The van der Waals surface area contributed by atoms with Crippen molar-refractivity contribution in [2.24, 2.45) is 5.73 Å². The molecule has 1 aliphatic rings. The number of hydrogen-bond acceptors (Lipinski definition) is 2. The molecule has 1 aromatic carbocycles. The molecule has 2 rings (SSSR count). The molecule has 0 saturated carbocycles. The van der Waals surface area contributed by atoms with E-state index in [1.807, 2.05) is 13.8 Å². The number of nitrogens with one attached hydrogen (secondary N) is 1. The first-order chi connectivity index (χ1) is 7.99. The van der Waals surface area contributed by atoms with Gasteiger partial charge >= 0.3 is 0 Å². The van der Waals surface area contributed by atoms with Gasteiger partial charge in [-0.15, -0.1) is 0 Å². The molecular weight excluding hydrogens is 236 g/mol. The number of nitrogens with two attached hydrogens (primary N) is 1. The molecule has 0 bridgehead atoms. The van der Waals surface area contributed by atoms with E-state index in [1.54, 1.807) is 0 Å². The van der Waals surface area contributed by atoms with Crippen LogP contribution in [0, 0.1) is 6.92 Å². The topological polar surface area (TPSA) is 55.1 Å². The van der Waals surface area contributed by atoms with Crippen molar-refractivity contribution in [1.82, 2.24) is 0 Å². The fourth-order valence-corrected chi connectivity index (χ4v) is 2.48. The van der Waals surface area contributed by atoms with Gasteiger partial charge in [-0.05, 0) is 43.4 Å². The third-order valence-corrected chi connectivity index (χ3v) is 3.61. The standard InChI is InChI=1S/C13H17ClN2O/c1-7(15)5-10-6-9-3-4-11(17)16-13(9)8(2)12(10)14/h6-7H,3-5,15H2,1-2H3,(H,16,17). The van der Waals surface area contributed by atoms with Crippen LogP contribution in [-0.2, 0) is 17.6 Å². The van der Waals surface area contributed by atoms with Crippen LogP contribution in [0.5, 0.6) is 0 Å². The molecule has 0 spiro atoms. The van der Waals surface area contributed by atoms with Gasteiger partial charge in [0.2, 0.25) is 5.91 Å². The molecule has 17 heavy (non-hydrogen) atoms. The van der Waals surface area contributed by atoms with Crippen molar-refractivity contribution in [1.29, 1.82) is 0 Å². The summed E-state index contributed by atoms with van der Waals surface area (Å²) in [5, 5.41) is 3.62. The average Bonchev–Trinajstić information content (AvgIpc) is 2.26. The van der Waals surface area contributed by atoms with E-state index in [0.29, 0.717) is 6.42 Å². The largest absolute Gasteiger partial charge is 0.328 e. The summed E-state index contributed by atoms with van der Waals surface area (Å²) in [6.07, 6.45) is 2.09. The highest BCUT2D eigenvalue weighted by atomic mass is 35.5. The number of halogens is 1. The average molecular weight is 253 g/mol. The summed E-state index contributed by atoms with van der Waals surface area (Å²) < 4.78 is 0. The number of carbonyl (C=O) groups excluding carboxylic acids is 1. The third-order valence-electron chi connectivity index (χ3n) is 3.08. The zero-order chi connectivity index (χ0) is 12.6. The van der Waals surface area contributed by atoms with E-state index in [4.69, 9.17) is 17.3 Å². The van der Waals surface area contributed by atoms with E-state index in [2.05, 4.69) is 11.4 Å². The number of aryl methyl sites for hydroxylation is 1. The second-order valence-corrected chi connectivity index (χ2v) is 5.12. The lowest BCUT2D eigenvalue weighted by atomic mass is 9.94. The zero-order valence-corrected chi connectivity index (χ0v) is 10.9. The van der Waals surface area contributed by atoms with Gasteiger partial charge in [0.25, 0.3) is 0 Å². The van der Waals surface area contributed by atoms with Gasteiger partial charge in [0.15, 0.2) is 0 Å². The molecule has 3 nitrogen and oxygen atoms in total. The van der Waals surface area contributed by atoms with E-state index >= 15 is 0 Å². The minimum absolute atomic E-state index is 0.0663.